The molecule has 1 atom stereocenters. The zero-order valence-electron chi connectivity index (χ0n) is 10.4. The van der Waals surface area contributed by atoms with Crippen LogP contribution in [0.2, 0.25) is 0 Å². The summed E-state index contributed by atoms with van der Waals surface area (Å²) in [6.45, 7) is 1.35. The third kappa shape index (κ3) is 2.86. The van der Waals surface area contributed by atoms with Gasteiger partial charge in [-0.2, -0.15) is 0 Å². The number of halogens is 3. The molecule has 6 heteroatoms. The molecular formula is C14H11Br2ClO2S. The molecule has 0 spiro atoms. The van der Waals surface area contributed by atoms with Crippen LogP contribution in [0.25, 0.3) is 0 Å². The van der Waals surface area contributed by atoms with E-state index in [2.05, 4.69) is 31.9 Å². The van der Waals surface area contributed by atoms with Crippen molar-refractivity contribution in [2.24, 2.45) is 0 Å². The molecule has 1 aliphatic rings. The molecule has 106 valence electrons. The van der Waals surface area contributed by atoms with Gasteiger partial charge in [-0.3, -0.25) is 0 Å². The van der Waals surface area contributed by atoms with Crippen LogP contribution in [0.3, 0.4) is 0 Å². The van der Waals surface area contributed by atoms with Gasteiger partial charge in [0, 0.05) is 20.2 Å². The van der Waals surface area contributed by atoms with E-state index in [1.165, 1.54) is 0 Å². The molecule has 0 saturated carbocycles. The molecule has 1 aromatic heterocycles. The van der Waals surface area contributed by atoms with Crippen molar-refractivity contribution in [1.82, 2.24) is 0 Å². The fraction of sp³-hybridized carbons (Fsp3) is 0.286. The highest BCUT2D eigenvalue weighted by molar-refractivity contribution is 9.10. The van der Waals surface area contributed by atoms with Crippen LogP contribution < -0.4 is 9.47 Å². The summed E-state index contributed by atoms with van der Waals surface area (Å²) in [5, 5.41) is 1.79. The average Bonchev–Trinajstić information content (AvgIpc) is 2.72. The third-order valence-corrected chi connectivity index (χ3v) is 6.22. The number of rotatable bonds is 2. The molecule has 0 N–H and O–H groups in total. The zero-order valence-corrected chi connectivity index (χ0v) is 15.1. The molecule has 0 saturated heterocycles. The van der Waals surface area contributed by atoms with Crippen LogP contribution in [-0.4, -0.2) is 13.2 Å². The maximum atomic E-state index is 6.62. The molecule has 0 aliphatic carbocycles. The molecule has 1 aliphatic heterocycles. The van der Waals surface area contributed by atoms with E-state index in [1.807, 2.05) is 23.6 Å². The summed E-state index contributed by atoms with van der Waals surface area (Å²) in [7, 11) is 0. The van der Waals surface area contributed by atoms with E-state index in [4.69, 9.17) is 21.1 Å². The Bertz CT molecular complexity index is 630. The van der Waals surface area contributed by atoms with Gasteiger partial charge in [-0.1, -0.05) is 15.9 Å². The minimum absolute atomic E-state index is 0.226. The number of ether oxygens (including phenoxy) is 2. The molecule has 0 amide bonds. The third-order valence-electron chi connectivity index (χ3n) is 3.01. The number of alkyl halides is 1. The summed E-state index contributed by atoms with van der Waals surface area (Å²) < 4.78 is 13.4. The smallest absolute Gasteiger partial charge is 0.162 e. The number of fused-ring (bicyclic) bond motifs is 1. The van der Waals surface area contributed by atoms with Crippen molar-refractivity contribution < 1.29 is 9.47 Å². The van der Waals surface area contributed by atoms with Crippen LogP contribution in [0, 0.1) is 0 Å². The largest absolute Gasteiger partial charge is 0.490 e. The Labute approximate surface area is 143 Å². The van der Waals surface area contributed by atoms with E-state index in [0.29, 0.717) is 13.2 Å². The Morgan fingerprint density at radius 2 is 1.80 bits per heavy atom. The lowest BCUT2D eigenvalue weighted by molar-refractivity contribution is 0.297. The SMILES string of the molecule is ClC(c1cc2c(cc1Br)OCCCO2)c1sccc1Br. The predicted molar refractivity (Wildman–Crippen MR) is 89.5 cm³/mol. The van der Waals surface area contributed by atoms with Crippen molar-refractivity contribution >= 4 is 54.8 Å². The predicted octanol–water partition coefficient (Wildman–Crippen LogP) is 5.76. The van der Waals surface area contributed by atoms with Gasteiger partial charge in [0.15, 0.2) is 11.5 Å². The summed E-state index contributed by atoms with van der Waals surface area (Å²) in [6, 6.07) is 5.91. The second-order valence-electron chi connectivity index (χ2n) is 4.37. The molecular weight excluding hydrogens is 427 g/mol. The fourth-order valence-electron chi connectivity index (χ4n) is 2.02. The van der Waals surface area contributed by atoms with Crippen LogP contribution in [0.1, 0.15) is 22.2 Å². The van der Waals surface area contributed by atoms with Gasteiger partial charge in [-0.15, -0.1) is 22.9 Å². The molecule has 3 rings (SSSR count). The first-order valence-corrected chi connectivity index (χ1v) is 9.03. The highest BCUT2D eigenvalue weighted by Gasteiger charge is 2.22. The van der Waals surface area contributed by atoms with Crippen LogP contribution in [0.15, 0.2) is 32.5 Å². The second-order valence-corrected chi connectivity index (χ2v) is 7.46. The van der Waals surface area contributed by atoms with Gasteiger partial charge in [0.05, 0.1) is 18.6 Å². The van der Waals surface area contributed by atoms with Gasteiger partial charge in [0.25, 0.3) is 0 Å². The summed E-state index contributed by atoms with van der Waals surface area (Å²) in [5.74, 6) is 1.53. The highest BCUT2D eigenvalue weighted by atomic mass is 79.9. The standard InChI is InChI=1S/C14H11Br2ClO2S/c15-9-2-5-20-14(9)13(17)8-6-11-12(7-10(8)16)19-4-1-3-18-11/h2,5-7,13H,1,3-4H2. The quantitative estimate of drug-likeness (QED) is 0.555. The van der Waals surface area contributed by atoms with Gasteiger partial charge >= 0.3 is 0 Å². The van der Waals surface area contributed by atoms with Crippen molar-refractivity contribution in [2.75, 3.05) is 13.2 Å². The summed E-state index contributed by atoms with van der Waals surface area (Å²) >= 11 is 15.4. The number of hydrogen-bond acceptors (Lipinski definition) is 3. The number of hydrogen-bond donors (Lipinski definition) is 0. The first kappa shape index (κ1) is 14.7. The lowest BCUT2D eigenvalue weighted by Gasteiger charge is -2.15. The number of benzene rings is 1. The van der Waals surface area contributed by atoms with E-state index in [1.54, 1.807) is 11.3 Å². The van der Waals surface area contributed by atoms with Crippen LogP contribution in [0.5, 0.6) is 11.5 Å². The minimum Gasteiger partial charge on any atom is -0.490 e. The molecule has 0 bridgehead atoms. The maximum absolute atomic E-state index is 6.62. The molecule has 0 radical (unpaired) electrons. The first-order valence-electron chi connectivity index (χ1n) is 6.13. The lowest BCUT2D eigenvalue weighted by atomic mass is 10.1. The van der Waals surface area contributed by atoms with Crippen molar-refractivity contribution in [2.45, 2.75) is 11.8 Å². The molecule has 2 aromatic rings. The van der Waals surface area contributed by atoms with Crippen LogP contribution in [0.4, 0.5) is 0 Å². The van der Waals surface area contributed by atoms with E-state index < -0.39 is 0 Å². The van der Waals surface area contributed by atoms with Gasteiger partial charge in [-0.05, 0) is 45.1 Å². The van der Waals surface area contributed by atoms with E-state index in [9.17, 15) is 0 Å². The monoisotopic (exact) mass is 436 g/mol. The van der Waals surface area contributed by atoms with Crippen molar-refractivity contribution in [1.29, 1.82) is 0 Å². The molecule has 2 nitrogen and oxygen atoms in total. The van der Waals surface area contributed by atoms with Crippen molar-refractivity contribution in [3.63, 3.8) is 0 Å². The minimum atomic E-state index is -0.226. The van der Waals surface area contributed by atoms with E-state index in [-0.39, 0.29) is 5.38 Å². The Morgan fingerprint density at radius 1 is 1.10 bits per heavy atom. The highest BCUT2D eigenvalue weighted by Crippen LogP contribution is 2.44. The molecule has 1 unspecified atom stereocenters. The Kier molecular flexibility index (Phi) is 4.60. The normalized spacial score (nSPS) is 15.8. The van der Waals surface area contributed by atoms with Gasteiger partial charge in [-0.25, -0.2) is 0 Å². The summed E-state index contributed by atoms with van der Waals surface area (Å²) in [6.07, 6.45) is 0.891. The fourth-order valence-corrected chi connectivity index (χ4v) is 4.88. The number of thiophene rings is 1. The van der Waals surface area contributed by atoms with E-state index in [0.717, 1.165) is 37.3 Å². The van der Waals surface area contributed by atoms with E-state index >= 15 is 0 Å². The van der Waals surface area contributed by atoms with Crippen molar-refractivity contribution in [3.8, 4) is 11.5 Å². The van der Waals surface area contributed by atoms with Gasteiger partial charge < -0.3 is 9.47 Å². The maximum Gasteiger partial charge on any atom is 0.162 e. The van der Waals surface area contributed by atoms with Gasteiger partial charge in [0.1, 0.15) is 0 Å². The molecule has 20 heavy (non-hydrogen) atoms. The Morgan fingerprint density at radius 3 is 2.45 bits per heavy atom. The van der Waals surface area contributed by atoms with Gasteiger partial charge in [0.2, 0.25) is 0 Å². The zero-order chi connectivity index (χ0) is 14.1. The Hall–Kier alpha value is -0.230. The van der Waals surface area contributed by atoms with Crippen molar-refractivity contribution in [3.05, 3.63) is 43.0 Å². The molecule has 2 heterocycles. The van der Waals surface area contributed by atoms with Crippen LogP contribution in [-0.2, 0) is 0 Å². The summed E-state index contributed by atoms with van der Waals surface area (Å²) in [5.41, 5.74) is 0.985. The molecule has 1 aromatic carbocycles. The Balaban J connectivity index is 2.01. The molecule has 0 fully saturated rings. The topological polar surface area (TPSA) is 18.5 Å². The lowest BCUT2D eigenvalue weighted by Crippen LogP contribution is -1.97. The van der Waals surface area contributed by atoms with Crippen LogP contribution >= 0.6 is 54.8 Å². The second kappa shape index (κ2) is 6.26. The summed E-state index contributed by atoms with van der Waals surface area (Å²) in [4.78, 5) is 1.09. The first-order chi connectivity index (χ1) is 9.66. The average molecular weight is 439 g/mol.